The zero-order valence-electron chi connectivity index (χ0n) is 23.1. The molecule has 230 valence electrons. The Labute approximate surface area is 264 Å². The molecular formula is C30H27IN2O11. The number of phenolic OH excluding ortho intramolecular Hbond substituents is 1. The van der Waals surface area contributed by atoms with Crippen molar-refractivity contribution >= 4 is 52.4 Å². The summed E-state index contributed by atoms with van der Waals surface area (Å²) < 4.78 is 10.1. The summed E-state index contributed by atoms with van der Waals surface area (Å²) in [5.41, 5.74) is 3.80. The molecule has 0 heterocycles. The Morgan fingerprint density at radius 1 is 1.14 bits per heavy atom. The van der Waals surface area contributed by atoms with Crippen LogP contribution in [0, 0.1) is 11.8 Å². The highest BCUT2D eigenvalue weighted by atomic mass is 127. The maximum absolute atomic E-state index is 14.0. The molecule has 13 nitrogen and oxygen atoms in total. The number of carbonyl (C=O) groups excluding carboxylic acids is 5. The predicted molar refractivity (Wildman–Crippen MR) is 159 cm³/mol. The number of methoxy groups -OCH3 is 1. The second-order valence-corrected chi connectivity index (χ2v) is 11.2. The van der Waals surface area contributed by atoms with Crippen LogP contribution >= 0.6 is 23.0 Å². The Kier molecular flexibility index (Phi) is 8.26. The summed E-state index contributed by atoms with van der Waals surface area (Å²) in [5.74, 6) is -7.60. The Bertz CT molecular complexity index is 1700. The van der Waals surface area contributed by atoms with Gasteiger partial charge >= 0.3 is 5.97 Å². The molecule has 0 saturated heterocycles. The summed E-state index contributed by atoms with van der Waals surface area (Å²) in [4.78, 5) is 64.2. The van der Waals surface area contributed by atoms with Crippen LogP contribution < -0.4 is 11.1 Å². The number of esters is 1. The monoisotopic (exact) mass is 718 g/mol. The van der Waals surface area contributed by atoms with Crippen molar-refractivity contribution in [1.29, 1.82) is 0 Å². The molecule has 7 N–H and O–H groups in total. The van der Waals surface area contributed by atoms with Gasteiger partial charge in [-0.3, -0.25) is 22.2 Å². The van der Waals surface area contributed by atoms with E-state index in [1.165, 1.54) is 41.2 Å². The average molecular weight is 718 g/mol. The van der Waals surface area contributed by atoms with E-state index in [1.807, 2.05) is 0 Å². The van der Waals surface area contributed by atoms with Gasteiger partial charge in [0, 0.05) is 23.5 Å². The highest BCUT2D eigenvalue weighted by Crippen LogP contribution is 2.54. The second kappa shape index (κ2) is 11.7. The van der Waals surface area contributed by atoms with Gasteiger partial charge in [0.05, 0.1) is 19.3 Å². The topological polar surface area (TPSA) is 223 Å². The van der Waals surface area contributed by atoms with Gasteiger partial charge in [0.2, 0.25) is 11.4 Å². The van der Waals surface area contributed by atoms with Crippen LogP contribution in [-0.4, -0.2) is 75.1 Å². The first kappa shape index (κ1) is 31.2. The van der Waals surface area contributed by atoms with Gasteiger partial charge in [-0.2, -0.15) is 0 Å². The number of aliphatic hydroxyl groups is 3. The number of aliphatic hydroxyl groups excluding tert-OH is 3. The lowest BCUT2D eigenvalue weighted by Gasteiger charge is -2.46. The van der Waals surface area contributed by atoms with Crippen LogP contribution in [0.2, 0.25) is 0 Å². The first-order valence-electron chi connectivity index (χ1n) is 13.4. The number of amides is 2. The van der Waals surface area contributed by atoms with Crippen molar-refractivity contribution in [2.45, 2.75) is 30.9 Å². The fourth-order valence-corrected chi connectivity index (χ4v) is 7.16. The molecule has 0 aliphatic heterocycles. The summed E-state index contributed by atoms with van der Waals surface area (Å²) in [5, 5.41) is 44.7. The maximum atomic E-state index is 14.0. The molecule has 3 aliphatic rings. The number of ether oxygens (including phenoxy) is 1. The molecular weight excluding hydrogens is 691 g/mol. The quantitative estimate of drug-likeness (QED) is 0.138. The van der Waals surface area contributed by atoms with Crippen LogP contribution in [0.5, 0.6) is 5.75 Å². The number of halogens is 1. The van der Waals surface area contributed by atoms with E-state index >= 15 is 0 Å². The van der Waals surface area contributed by atoms with E-state index < -0.39 is 76.5 Å². The van der Waals surface area contributed by atoms with Crippen LogP contribution in [0.1, 0.15) is 39.1 Å². The van der Waals surface area contributed by atoms with Crippen LogP contribution in [0.25, 0.3) is 11.1 Å². The van der Waals surface area contributed by atoms with Crippen molar-refractivity contribution in [2.24, 2.45) is 17.6 Å². The number of aromatic hydroxyl groups is 1. The number of carbonyl (C=O) groups is 5. The molecule has 0 spiro atoms. The molecule has 4 atom stereocenters. The van der Waals surface area contributed by atoms with Crippen molar-refractivity contribution in [1.82, 2.24) is 5.32 Å². The summed E-state index contributed by atoms with van der Waals surface area (Å²) in [6.45, 7) is -0.677. The van der Waals surface area contributed by atoms with E-state index in [0.717, 1.165) is 7.11 Å². The molecule has 2 aromatic rings. The minimum absolute atomic E-state index is 0.100. The molecule has 0 radical (unpaired) electrons. The molecule has 14 heteroatoms. The van der Waals surface area contributed by atoms with E-state index in [-0.39, 0.29) is 41.7 Å². The van der Waals surface area contributed by atoms with Gasteiger partial charge in [0.15, 0.2) is 11.8 Å². The van der Waals surface area contributed by atoms with Crippen LogP contribution in [0.15, 0.2) is 59.1 Å². The Morgan fingerprint density at radius 2 is 1.86 bits per heavy atom. The van der Waals surface area contributed by atoms with E-state index in [4.69, 9.17) is 8.80 Å². The van der Waals surface area contributed by atoms with Gasteiger partial charge in [-0.25, -0.2) is 4.79 Å². The smallest absolute Gasteiger partial charge is 0.330 e. The second-order valence-electron chi connectivity index (χ2n) is 10.8. The van der Waals surface area contributed by atoms with Crippen molar-refractivity contribution in [3.8, 4) is 16.9 Å². The minimum atomic E-state index is -2.14. The number of Topliss-reactive ketones (excluding diaryl/α,β-unsaturated/α-hetero) is 2. The largest absolute Gasteiger partial charge is 0.511 e. The summed E-state index contributed by atoms with van der Waals surface area (Å²) in [6, 6.07) is 7.88. The molecule has 0 aromatic heterocycles. The maximum Gasteiger partial charge on any atom is 0.330 e. The molecule has 3 aliphatic carbocycles. The third kappa shape index (κ3) is 4.73. The fraction of sp³-hybridized carbons (Fsp3) is 0.300. The third-order valence-electron chi connectivity index (χ3n) is 8.44. The lowest BCUT2D eigenvalue weighted by Crippen LogP contribution is -2.57. The lowest BCUT2D eigenvalue weighted by molar-refractivity contribution is -0.144. The molecule has 1 unspecified atom stereocenters. The number of hydrogen-bond donors (Lipinski definition) is 6. The minimum Gasteiger partial charge on any atom is -0.511 e. The van der Waals surface area contributed by atoms with Crippen molar-refractivity contribution in [3.05, 3.63) is 75.8 Å². The van der Waals surface area contributed by atoms with Gasteiger partial charge in [0.1, 0.15) is 45.8 Å². The van der Waals surface area contributed by atoms with Crippen LogP contribution in [-0.2, 0) is 28.6 Å². The number of rotatable bonds is 7. The summed E-state index contributed by atoms with van der Waals surface area (Å²) >= 11 is 1.41. The molecule has 44 heavy (non-hydrogen) atoms. The predicted octanol–water partition coefficient (Wildman–Crippen LogP) is 1.89. The van der Waals surface area contributed by atoms with E-state index in [9.17, 15) is 44.4 Å². The first-order chi connectivity index (χ1) is 20.9. The number of fused-ring (bicyclic) bond motifs is 3. The molecule has 0 fully saturated rings. The lowest BCUT2D eigenvalue weighted by atomic mass is 9.60. The average Bonchev–Trinajstić information content (AvgIpc) is 2.99. The first-order valence-corrected chi connectivity index (χ1v) is 14.3. The van der Waals surface area contributed by atoms with Crippen molar-refractivity contribution in [3.63, 3.8) is 0 Å². The standard InChI is InChI=1S/C30H27IN2O11/c1-43-29(42)18(11-34)33-28(41)13-4-2-3-12(7-13)16-5-6-19(35)22-17(16)9-14-8-15-10-20(36)23(27(32)40)26(39)30(15,44-31)25(38)21(14)24(22)37/h2-7,14-15,18,34-36,38H,8-11H2,1H3,(H2,32,40)(H,33,41)/t14-,15+,18?,30+/m1/s1. The number of ketones is 2. The van der Waals surface area contributed by atoms with Gasteiger partial charge in [-0.15, -0.1) is 0 Å². The van der Waals surface area contributed by atoms with Gasteiger partial charge < -0.3 is 36.2 Å². The van der Waals surface area contributed by atoms with Gasteiger partial charge in [0.25, 0.3) is 11.8 Å². The van der Waals surface area contributed by atoms with Crippen LogP contribution in [0.3, 0.4) is 0 Å². The van der Waals surface area contributed by atoms with Crippen LogP contribution in [0.4, 0.5) is 0 Å². The SMILES string of the molecule is COC(=O)C(CO)NC(=O)c1cccc(-c2ccc(O)c3c2C[C@H]2C[C@H]4CC(O)=C(C(N)=O)C(=O)[C@@]4(OI)C(O)=C2C3=O)c1. The molecule has 2 aromatic carbocycles. The summed E-state index contributed by atoms with van der Waals surface area (Å²) in [7, 11) is 1.12. The van der Waals surface area contributed by atoms with Crippen molar-refractivity contribution < 1.29 is 52.2 Å². The van der Waals surface area contributed by atoms with Gasteiger partial charge in [-0.05, 0) is 53.6 Å². The zero-order chi connectivity index (χ0) is 32.1. The van der Waals surface area contributed by atoms with Gasteiger partial charge in [-0.1, -0.05) is 18.2 Å². The summed E-state index contributed by atoms with van der Waals surface area (Å²) in [6.07, 6.45) is 0.0140. The molecule has 0 saturated carbocycles. The highest BCUT2D eigenvalue weighted by molar-refractivity contribution is 14.1. The number of phenols is 1. The fourth-order valence-electron chi connectivity index (χ4n) is 6.40. The number of hydrogen-bond acceptors (Lipinski definition) is 11. The normalized spacial score (nSPS) is 23.3. The number of benzene rings is 2. The Balaban J connectivity index is 1.58. The van der Waals surface area contributed by atoms with Crippen molar-refractivity contribution in [2.75, 3.05) is 13.7 Å². The Hall–Kier alpha value is -4.28. The molecule has 0 bridgehead atoms. The number of nitrogens with two attached hydrogens (primary N) is 1. The third-order valence-corrected chi connectivity index (χ3v) is 9.14. The molecule has 2 amide bonds. The number of nitrogens with one attached hydrogen (secondary N) is 1. The zero-order valence-corrected chi connectivity index (χ0v) is 25.3. The Morgan fingerprint density at radius 3 is 2.50 bits per heavy atom. The van der Waals surface area contributed by atoms with E-state index in [0.29, 0.717) is 16.7 Å². The number of primary amides is 1. The highest BCUT2D eigenvalue weighted by Gasteiger charge is 2.61. The van der Waals surface area contributed by atoms with E-state index in [1.54, 1.807) is 18.2 Å². The van der Waals surface area contributed by atoms with E-state index in [2.05, 4.69) is 10.1 Å². The molecule has 5 rings (SSSR count). The number of allylic oxidation sites excluding steroid dienone is 2.